The van der Waals surface area contributed by atoms with Crippen molar-refractivity contribution in [3.63, 3.8) is 0 Å². The second kappa shape index (κ2) is 10.7. The first kappa shape index (κ1) is 17.8. The summed E-state index contributed by atoms with van der Waals surface area (Å²) in [5.74, 6) is -2.24. The zero-order chi connectivity index (χ0) is 13.9. The summed E-state index contributed by atoms with van der Waals surface area (Å²) in [6, 6.07) is 0. The van der Waals surface area contributed by atoms with Gasteiger partial charge in [0.05, 0.1) is 0 Å². The summed E-state index contributed by atoms with van der Waals surface area (Å²) in [6.45, 7) is 2.78. The van der Waals surface area contributed by atoms with E-state index < -0.39 is 5.97 Å². The Balaban J connectivity index is 3.87. The third-order valence-electron chi connectivity index (χ3n) is 3.50. The molecule has 1 unspecified atom stereocenters. The van der Waals surface area contributed by atoms with Crippen molar-refractivity contribution in [2.75, 3.05) is 13.7 Å². The van der Waals surface area contributed by atoms with E-state index in [0.717, 1.165) is 25.7 Å². The Kier molecular flexibility index (Phi) is 10.6. The lowest BCUT2D eigenvalue weighted by molar-refractivity contribution is -0.357. The lowest BCUT2D eigenvalue weighted by Gasteiger charge is -2.29. The van der Waals surface area contributed by atoms with Gasteiger partial charge in [-0.3, -0.25) is 0 Å². The fourth-order valence-corrected chi connectivity index (χ4v) is 2.22. The minimum atomic E-state index is -2.00. The van der Waals surface area contributed by atoms with Crippen LogP contribution < -0.4 is 5.73 Å². The molecule has 0 rings (SSSR count). The molecule has 0 fully saturated rings. The van der Waals surface area contributed by atoms with Crippen LogP contribution in [-0.4, -0.2) is 29.8 Å². The SMILES string of the molecule is CCCCCCCCC(CCCN)C(O)(O)OC. The number of unbranched alkanes of at least 4 members (excludes halogenated alkanes) is 5. The predicted octanol–water partition coefficient (Wildman–Crippen LogP) is 2.38. The molecule has 0 amide bonds. The molecular weight excluding hydrogens is 230 g/mol. The highest BCUT2D eigenvalue weighted by Crippen LogP contribution is 2.26. The second-order valence-electron chi connectivity index (χ2n) is 5.05. The van der Waals surface area contributed by atoms with Crippen molar-refractivity contribution >= 4 is 0 Å². The molecule has 0 aliphatic carbocycles. The lowest BCUT2D eigenvalue weighted by atomic mass is 9.93. The van der Waals surface area contributed by atoms with E-state index >= 15 is 0 Å². The molecule has 110 valence electrons. The third-order valence-corrected chi connectivity index (χ3v) is 3.50. The van der Waals surface area contributed by atoms with Crippen molar-refractivity contribution in [1.29, 1.82) is 0 Å². The topological polar surface area (TPSA) is 75.7 Å². The number of hydrogen-bond donors (Lipinski definition) is 3. The summed E-state index contributed by atoms with van der Waals surface area (Å²) < 4.78 is 4.76. The van der Waals surface area contributed by atoms with E-state index in [1.807, 2.05) is 0 Å². The first-order chi connectivity index (χ1) is 8.58. The van der Waals surface area contributed by atoms with Crippen LogP contribution in [0.1, 0.15) is 64.7 Å². The standard InChI is InChI=1S/C14H31NO3/c1-3-4-5-6-7-8-10-13(11-9-12-15)14(16,17)18-2/h13,16-17H,3-12,15H2,1-2H3. The van der Waals surface area contributed by atoms with E-state index in [4.69, 9.17) is 10.5 Å². The Morgan fingerprint density at radius 2 is 1.56 bits per heavy atom. The van der Waals surface area contributed by atoms with Crippen molar-refractivity contribution in [2.24, 2.45) is 11.7 Å². The molecule has 1 atom stereocenters. The third kappa shape index (κ3) is 8.03. The van der Waals surface area contributed by atoms with Gasteiger partial charge in [-0.25, -0.2) is 0 Å². The van der Waals surface area contributed by atoms with Gasteiger partial charge in [-0.1, -0.05) is 45.4 Å². The average molecular weight is 261 g/mol. The van der Waals surface area contributed by atoms with Crippen LogP contribution in [0.25, 0.3) is 0 Å². The summed E-state index contributed by atoms with van der Waals surface area (Å²) >= 11 is 0. The largest absolute Gasteiger partial charge is 0.343 e. The number of methoxy groups -OCH3 is 1. The summed E-state index contributed by atoms with van der Waals surface area (Å²) in [7, 11) is 1.33. The maximum Gasteiger partial charge on any atom is 0.280 e. The van der Waals surface area contributed by atoms with E-state index in [1.54, 1.807) is 0 Å². The smallest absolute Gasteiger partial charge is 0.280 e. The number of hydrogen-bond acceptors (Lipinski definition) is 4. The van der Waals surface area contributed by atoms with Crippen molar-refractivity contribution in [1.82, 2.24) is 0 Å². The molecule has 0 radical (unpaired) electrons. The van der Waals surface area contributed by atoms with E-state index in [0.29, 0.717) is 13.0 Å². The number of ether oxygens (including phenoxy) is 1. The Hall–Kier alpha value is -0.160. The van der Waals surface area contributed by atoms with E-state index in [9.17, 15) is 10.2 Å². The zero-order valence-corrected chi connectivity index (χ0v) is 12.0. The first-order valence-electron chi connectivity index (χ1n) is 7.28. The molecule has 0 aromatic carbocycles. The van der Waals surface area contributed by atoms with Crippen LogP contribution in [0.3, 0.4) is 0 Å². The summed E-state index contributed by atoms with van der Waals surface area (Å²) in [5.41, 5.74) is 5.47. The quantitative estimate of drug-likeness (QED) is 0.372. The van der Waals surface area contributed by atoms with Gasteiger partial charge in [-0.05, 0) is 25.8 Å². The Bertz CT molecular complexity index is 186. The fraction of sp³-hybridized carbons (Fsp3) is 1.00. The minimum absolute atomic E-state index is 0.239. The van der Waals surface area contributed by atoms with E-state index in [-0.39, 0.29) is 5.92 Å². The highest BCUT2D eigenvalue weighted by molar-refractivity contribution is 4.68. The van der Waals surface area contributed by atoms with Crippen LogP contribution in [0.2, 0.25) is 0 Å². The van der Waals surface area contributed by atoms with Gasteiger partial charge in [0, 0.05) is 13.0 Å². The Morgan fingerprint density at radius 1 is 1.00 bits per heavy atom. The molecule has 4 nitrogen and oxygen atoms in total. The average Bonchev–Trinajstić information content (AvgIpc) is 2.36. The Labute approximate surface area is 112 Å². The van der Waals surface area contributed by atoms with Gasteiger partial charge >= 0.3 is 0 Å². The molecule has 0 saturated heterocycles. The van der Waals surface area contributed by atoms with Crippen molar-refractivity contribution in [3.05, 3.63) is 0 Å². The molecule has 0 heterocycles. The number of aliphatic hydroxyl groups is 2. The van der Waals surface area contributed by atoms with Crippen LogP contribution in [0.5, 0.6) is 0 Å². The van der Waals surface area contributed by atoms with E-state index in [1.165, 1.54) is 32.8 Å². The van der Waals surface area contributed by atoms with Crippen molar-refractivity contribution < 1.29 is 14.9 Å². The molecule has 0 saturated carbocycles. The highest BCUT2D eigenvalue weighted by Gasteiger charge is 2.33. The summed E-state index contributed by atoms with van der Waals surface area (Å²) in [5, 5.41) is 19.5. The van der Waals surface area contributed by atoms with Gasteiger partial charge in [-0.15, -0.1) is 0 Å². The maximum atomic E-state index is 9.74. The minimum Gasteiger partial charge on any atom is -0.343 e. The number of rotatable bonds is 12. The van der Waals surface area contributed by atoms with Crippen LogP contribution in [0.4, 0.5) is 0 Å². The van der Waals surface area contributed by atoms with Crippen LogP contribution >= 0.6 is 0 Å². The molecule has 0 aromatic rings. The van der Waals surface area contributed by atoms with E-state index in [2.05, 4.69) is 6.92 Å². The molecule has 0 aliphatic rings. The number of nitrogens with two attached hydrogens (primary N) is 1. The molecule has 0 aliphatic heterocycles. The Morgan fingerprint density at radius 3 is 2.11 bits per heavy atom. The fourth-order valence-electron chi connectivity index (χ4n) is 2.22. The van der Waals surface area contributed by atoms with Crippen molar-refractivity contribution in [2.45, 2.75) is 70.7 Å². The summed E-state index contributed by atoms with van der Waals surface area (Å²) in [6.07, 6.45) is 9.50. The predicted molar refractivity (Wildman–Crippen MR) is 73.9 cm³/mol. The van der Waals surface area contributed by atoms with Gasteiger partial charge in [0.2, 0.25) is 0 Å². The van der Waals surface area contributed by atoms with Gasteiger partial charge in [0.1, 0.15) is 0 Å². The molecule has 4 heteroatoms. The lowest BCUT2D eigenvalue weighted by Crippen LogP contribution is -2.40. The highest BCUT2D eigenvalue weighted by atomic mass is 16.8. The van der Waals surface area contributed by atoms with Crippen LogP contribution in [-0.2, 0) is 4.74 Å². The molecule has 4 N–H and O–H groups in total. The van der Waals surface area contributed by atoms with Crippen molar-refractivity contribution in [3.8, 4) is 0 Å². The van der Waals surface area contributed by atoms with Gasteiger partial charge in [0.15, 0.2) is 0 Å². The van der Waals surface area contributed by atoms with Crippen LogP contribution in [0, 0.1) is 5.92 Å². The normalized spacial score (nSPS) is 13.8. The summed E-state index contributed by atoms with van der Waals surface area (Å²) in [4.78, 5) is 0. The van der Waals surface area contributed by atoms with Crippen LogP contribution in [0.15, 0.2) is 0 Å². The zero-order valence-electron chi connectivity index (χ0n) is 12.0. The second-order valence-corrected chi connectivity index (χ2v) is 5.05. The molecule has 0 aromatic heterocycles. The molecule has 18 heavy (non-hydrogen) atoms. The first-order valence-corrected chi connectivity index (χ1v) is 7.28. The van der Waals surface area contributed by atoms with Gasteiger partial charge < -0.3 is 20.7 Å². The molecule has 0 spiro atoms. The monoisotopic (exact) mass is 261 g/mol. The van der Waals surface area contributed by atoms with Gasteiger partial charge in [-0.2, -0.15) is 0 Å². The molecule has 0 bridgehead atoms. The van der Waals surface area contributed by atoms with Gasteiger partial charge in [0.25, 0.3) is 5.97 Å². The molecular formula is C14H31NO3. The maximum absolute atomic E-state index is 9.74.